The van der Waals surface area contributed by atoms with Crippen molar-refractivity contribution in [2.24, 2.45) is 0 Å². The van der Waals surface area contributed by atoms with E-state index in [2.05, 4.69) is 4.98 Å². The Labute approximate surface area is 136 Å². The lowest BCUT2D eigenvalue weighted by molar-refractivity contribution is -0.385. The van der Waals surface area contributed by atoms with Gasteiger partial charge in [-0.25, -0.2) is 9.59 Å². The summed E-state index contributed by atoms with van der Waals surface area (Å²) in [6.45, 7) is 3.15. The minimum absolute atomic E-state index is 0.103. The van der Waals surface area contributed by atoms with E-state index in [1.165, 1.54) is 13.1 Å². The monoisotopic (exact) mass is 342 g/mol. The fraction of sp³-hybridized carbons (Fsp3) is 0.357. The maximum Gasteiger partial charge on any atom is 0.342 e. The average molecular weight is 343 g/mol. The third kappa shape index (κ3) is 4.75. The molecule has 0 saturated heterocycles. The normalized spacial score (nSPS) is 12.7. The second-order valence-electron chi connectivity index (χ2n) is 4.81. The Hall–Kier alpha value is -2.48. The lowest BCUT2D eigenvalue weighted by Gasteiger charge is -2.04. The number of hydrogen-bond donors (Lipinski definition) is 2. The van der Waals surface area contributed by atoms with E-state index >= 15 is 0 Å². The molecule has 0 spiro atoms. The lowest BCUT2D eigenvalue weighted by atomic mass is 10.1. The molecule has 1 aliphatic rings. The minimum Gasteiger partial charge on any atom is -0.477 e. The van der Waals surface area contributed by atoms with E-state index in [0.717, 1.165) is 30.2 Å². The molecule has 0 aliphatic heterocycles. The minimum atomic E-state index is -1.41. The molecule has 1 saturated carbocycles. The van der Waals surface area contributed by atoms with E-state index in [-0.39, 0.29) is 10.7 Å². The highest BCUT2D eigenvalue weighted by molar-refractivity contribution is 6.33. The van der Waals surface area contributed by atoms with Gasteiger partial charge >= 0.3 is 17.6 Å². The van der Waals surface area contributed by atoms with Crippen LogP contribution >= 0.6 is 11.6 Å². The predicted octanol–water partition coefficient (Wildman–Crippen LogP) is 2.93. The first-order valence-electron chi connectivity index (χ1n) is 6.62. The van der Waals surface area contributed by atoms with Crippen molar-refractivity contribution in [3.63, 3.8) is 0 Å². The molecule has 9 heteroatoms. The zero-order chi connectivity index (χ0) is 17.7. The molecule has 0 amide bonds. The number of aliphatic carboxylic acids is 2. The highest BCUT2D eigenvalue weighted by atomic mass is 35.5. The van der Waals surface area contributed by atoms with Gasteiger partial charge in [-0.05, 0) is 32.3 Å². The zero-order valence-corrected chi connectivity index (χ0v) is 13.2. The number of aromatic nitrogens is 1. The highest BCUT2D eigenvalue weighted by Crippen LogP contribution is 2.43. The van der Waals surface area contributed by atoms with Gasteiger partial charge in [0.15, 0.2) is 0 Å². The van der Waals surface area contributed by atoms with Crippen molar-refractivity contribution in [3.8, 4) is 0 Å². The summed E-state index contributed by atoms with van der Waals surface area (Å²) in [7, 11) is 0. The maximum absolute atomic E-state index is 10.6. The number of nitrogens with zero attached hydrogens (tertiary/aromatic N) is 2. The van der Waals surface area contributed by atoms with Gasteiger partial charge in [0.05, 0.1) is 4.92 Å². The van der Waals surface area contributed by atoms with Crippen LogP contribution in [-0.2, 0) is 9.59 Å². The van der Waals surface area contributed by atoms with Gasteiger partial charge in [-0.2, -0.15) is 0 Å². The number of rotatable bonds is 4. The second kappa shape index (κ2) is 7.68. The van der Waals surface area contributed by atoms with Gasteiger partial charge in [0.2, 0.25) is 0 Å². The Balaban J connectivity index is 0.000000257. The van der Waals surface area contributed by atoms with Crippen LogP contribution in [0.15, 0.2) is 17.8 Å². The van der Waals surface area contributed by atoms with Crippen LogP contribution in [-0.4, -0.2) is 32.1 Å². The molecule has 0 unspecified atom stereocenters. The second-order valence-corrected chi connectivity index (χ2v) is 5.19. The van der Waals surface area contributed by atoms with Gasteiger partial charge in [0, 0.05) is 11.6 Å². The van der Waals surface area contributed by atoms with Crippen LogP contribution in [0.4, 0.5) is 5.69 Å². The zero-order valence-electron chi connectivity index (χ0n) is 12.4. The first kappa shape index (κ1) is 18.6. The summed E-state index contributed by atoms with van der Waals surface area (Å²) < 4.78 is 0. The van der Waals surface area contributed by atoms with E-state index in [1.54, 1.807) is 6.92 Å². The summed E-state index contributed by atoms with van der Waals surface area (Å²) in [6, 6.07) is 0. The smallest absolute Gasteiger partial charge is 0.342 e. The molecule has 2 N–H and O–H groups in total. The van der Waals surface area contributed by atoms with Crippen molar-refractivity contribution in [1.82, 2.24) is 4.98 Å². The van der Waals surface area contributed by atoms with Crippen LogP contribution in [0.2, 0.25) is 5.02 Å². The highest BCUT2D eigenvalue weighted by Gasteiger charge is 2.29. The largest absolute Gasteiger partial charge is 0.477 e. The SMILES string of the molecule is CC=C(C(=O)O)C(=O)O.Cc1c(C2CC2)ncc([N+](=O)[O-])c1Cl. The summed E-state index contributed by atoms with van der Waals surface area (Å²) in [5, 5.41) is 27.0. The van der Waals surface area contributed by atoms with E-state index in [4.69, 9.17) is 21.8 Å². The number of carboxylic acid groups (broad SMARTS) is 2. The van der Waals surface area contributed by atoms with Crippen LogP contribution in [0.25, 0.3) is 0 Å². The Bertz CT molecular complexity index is 666. The van der Waals surface area contributed by atoms with Gasteiger partial charge in [-0.3, -0.25) is 15.1 Å². The topological polar surface area (TPSA) is 131 Å². The molecule has 0 radical (unpaired) electrons. The van der Waals surface area contributed by atoms with Crippen molar-refractivity contribution < 1.29 is 24.7 Å². The molecule has 2 rings (SSSR count). The number of pyridine rings is 1. The number of hydrogen-bond acceptors (Lipinski definition) is 5. The molecule has 23 heavy (non-hydrogen) atoms. The van der Waals surface area contributed by atoms with Crippen molar-refractivity contribution in [2.45, 2.75) is 32.6 Å². The van der Waals surface area contributed by atoms with E-state index < -0.39 is 22.4 Å². The fourth-order valence-corrected chi connectivity index (χ4v) is 2.04. The number of carbonyl (C=O) groups is 2. The molecule has 1 aromatic rings. The molecule has 0 atom stereocenters. The summed E-state index contributed by atoms with van der Waals surface area (Å²) in [5.41, 5.74) is 0.965. The van der Waals surface area contributed by atoms with Crippen LogP contribution in [0.3, 0.4) is 0 Å². The summed E-state index contributed by atoms with van der Waals surface area (Å²) in [5.74, 6) is -2.36. The van der Waals surface area contributed by atoms with Crippen molar-refractivity contribution in [3.05, 3.63) is 44.2 Å². The number of halogens is 1. The van der Waals surface area contributed by atoms with E-state index in [9.17, 15) is 19.7 Å². The lowest BCUT2D eigenvalue weighted by Crippen LogP contribution is -2.10. The standard InChI is InChI=1S/C9H9ClN2O2.C5H6O4/c1-5-8(10)7(12(13)14)4-11-9(5)6-2-3-6;1-2-3(4(6)7)5(8)9/h4,6H,2-3H2,1H3;2H,1H3,(H,6,7)(H,8,9). The fourth-order valence-electron chi connectivity index (χ4n) is 1.82. The molecule has 124 valence electrons. The maximum atomic E-state index is 10.6. The summed E-state index contributed by atoms with van der Waals surface area (Å²) >= 11 is 5.88. The van der Waals surface area contributed by atoms with Gasteiger partial charge < -0.3 is 10.2 Å². The quantitative estimate of drug-likeness (QED) is 0.283. The molecule has 1 aromatic heterocycles. The Kier molecular flexibility index (Phi) is 6.20. The Morgan fingerprint density at radius 3 is 2.22 bits per heavy atom. The van der Waals surface area contributed by atoms with E-state index in [1.807, 2.05) is 0 Å². The number of nitro groups is 1. The summed E-state index contributed by atoms with van der Waals surface area (Å²) in [4.78, 5) is 34.0. The Morgan fingerprint density at radius 1 is 1.39 bits per heavy atom. The molecule has 1 fully saturated rings. The number of allylic oxidation sites excluding steroid dienone is 1. The van der Waals surface area contributed by atoms with Crippen LogP contribution < -0.4 is 0 Å². The first-order chi connectivity index (χ1) is 10.7. The summed E-state index contributed by atoms with van der Waals surface area (Å²) in [6.07, 6.45) is 4.51. The third-order valence-electron chi connectivity index (χ3n) is 3.17. The van der Waals surface area contributed by atoms with Crippen molar-refractivity contribution in [1.29, 1.82) is 0 Å². The van der Waals surface area contributed by atoms with Gasteiger partial charge in [-0.1, -0.05) is 17.7 Å². The van der Waals surface area contributed by atoms with E-state index in [0.29, 0.717) is 5.92 Å². The molecular weight excluding hydrogens is 328 g/mol. The van der Waals surface area contributed by atoms with Crippen LogP contribution in [0.5, 0.6) is 0 Å². The molecule has 0 aromatic carbocycles. The van der Waals surface area contributed by atoms with Crippen molar-refractivity contribution in [2.75, 3.05) is 0 Å². The predicted molar refractivity (Wildman–Crippen MR) is 81.6 cm³/mol. The molecular formula is C14H15ClN2O6. The van der Waals surface area contributed by atoms with Crippen molar-refractivity contribution >= 4 is 29.2 Å². The van der Waals surface area contributed by atoms with Crippen LogP contribution in [0.1, 0.15) is 36.9 Å². The molecule has 8 nitrogen and oxygen atoms in total. The number of carboxylic acids is 2. The van der Waals surface area contributed by atoms with Crippen LogP contribution in [0, 0.1) is 17.0 Å². The Morgan fingerprint density at radius 2 is 1.91 bits per heavy atom. The first-order valence-corrected chi connectivity index (χ1v) is 7.00. The van der Waals surface area contributed by atoms with Gasteiger partial charge in [-0.15, -0.1) is 0 Å². The molecule has 0 bridgehead atoms. The third-order valence-corrected chi connectivity index (χ3v) is 3.65. The molecule has 1 aliphatic carbocycles. The average Bonchev–Trinajstić information content (AvgIpc) is 3.26. The van der Waals surface area contributed by atoms with Gasteiger partial charge in [0.25, 0.3) is 0 Å². The van der Waals surface area contributed by atoms with Gasteiger partial charge in [0.1, 0.15) is 16.8 Å². The molecule has 1 heterocycles.